The molecule has 1 heterocycles. The zero-order valence-electron chi connectivity index (χ0n) is 14.8. The third-order valence-electron chi connectivity index (χ3n) is 5.39. The highest BCUT2D eigenvalue weighted by atomic mass is 19.1. The van der Waals surface area contributed by atoms with E-state index >= 15 is 0 Å². The van der Waals surface area contributed by atoms with E-state index in [9.17, 15) is 9.18 Å². The standard InChI is InChI=1S/C21H20FN3O2/c22-16-12-15(25-20(26)21(9-10-21)19-6-3-11-24-19)7-8-18(16)27-17-5-2-1-4-14(17)13-23/h1-2,4-5,7-8,12,19,24H,3,6,9-11H2,(H,25,26). The monoisotopic (exact) mass is 365 g/mol. The van der Waals surface area contributed by atoms with Crippen LogP contribution >= 0.6 is 0 Å². The van der Waals surface area contributed by atoms with Gasteiger partial charge in [-0.1, -0.05) is 12.1 Å². The molecule has 2 aromatic rings. The molecule has 2 fully saturated rings. The number of nitriles is 1. The molecule has 0 aromatic heterocycles. The van der Waals surface area contributed by atoms with Gasteiger partial charge >= 0.3 is 0 Å². The predicted molar refractivity (Wildman–Crippen MR) is 99.0 cm³/mol. The van der Waals surface area contributed by atoms with Gasteiger partial charge in [-0.15, -0.1) is 0 Å². The van der Waals surface area contributed by atoms with Gasteiger partial charge < -0.3 is 15.4 Å². The first-order valence-electron chi connectivity index (χ1n) is 9.14. The Morgan fingerprint density at radius 3 is 2.74 bits per heavy atom. The Labute approximate surface area is 157 Å². The number of anilines is 1. The zero-order chi connectivity index (χ0) is 18.9. The second-order valence-electron chi connectivity index (χ2n) is 7.11. The van der Waals surface area contributed by atoms with Crippen molar-refractivity contribution in [2.24, 2.45) is 5.41 Å². The Morgan fingerprint density at radius 1 is 1.26 bits per heavy atom. The van der Waals surface area contributed by atoms with Crippen molar-refractivity contribution in [3.63, 3.8) is 0 Å². The van der Waals surface area contributed by atoms with E-state index in [-0.39, 0.29) is 23.1 Å². The number of para-hydroxylation sites is 1. The molecule has 1 saturated heterocycles. The molecule has 1 amide bonds. The summed E-state index contributed by atoms with van der Waals surface area (Å²) in [6.45, 7) is 0.949. The second kappa shape index (κ2) is 7.01. The summed E-state index contributed by atoms with van der Waals surface area (Å²) < 4.78 is 20.0. The lowest BCUT2D eigenvalue weighted by Gasteiger charge is -2.22. The molecule has 138 valence electrons. The van der Waals surface area contributed by atoms with Gasteiger partial charge in [0.1, 0.15) is 11.8 Å². The summed E-state index contributed by atoms with van der Waals surface area (Å²) in [6.07, 6.45) is 3.83. The van der Waals surface area contributed by atoms with Crippen LogP contribution in [0.4, 0.5) is 10.1 Å². The van der Waals surface area contributed by atoms with Crippen molar-refractivity contribution in [1.82, 2.24) is 5.32 Å². The second-order valence-corrected chi connectivity index (χ2v) is 7.11. The van der Waals surface area contributed by atoms with Crippen molar-refractivity contribution in [2.75, 3.05) is 11.9 Å². The van der Waals surface area contributed by atoms with Crippen molar-refractivity contribution < 1.29 is 13.9 Å². The number of benzene rings is 2. The summed E-state index contributed by atoms with van der Waals surface area (Å²) in [7, 11) is 0. The minimum Gasteiger partial charge on any atom is -0.453 e. The number of amides is 1. The van der Waals surface area contributed by atoms with Crippen LogP contribution in [0.5, 0.6) is 11.5 Å². The lowest BCUT2D eigenvalue weighted by Crippen LogP contribution is -2.40. The van der Waals surface area contributed by atoms with E-state index in [1.54, 1.807) is 30.3 Å². The van der Waals surface area contributed by atoms with Crippen molar-refractivity contribution in [2.45, 2.75) is 31.7 Å². The van der Waals surface area contributed by atoms with Crippen LogP contribution < -0.4 is 15.4 Å². The number of carbonyl (C=O) groups is 1. The molecule has 1 saturated carbocycles. The van der Waals surface area contributed by atoms with E-state index in [1.807, 2.05) is 6.07 Å². The van der Waals surface area contributed by atoms with Gasteiger partial charge in [0.2, 0.25) is 5.91 Å². The SMILES string of the molecule is N#Cc1ccccc1Oc1ccc(NC(=O)C2(C3CCCN3)CC2)cc1F. The number of nitrogens with zero attached hydrogens (tertiary/aromatic N) is 1. The summed E-state index contributed by atoms with van der Waals surface area (Å²) in [6, 6.07) is 13.2. The summed E-state index contributed by atoms with van der Waals surface area (Å²) in [4.78, 5) is 12.7. The van der Waals surface area contributed by atoms with Gasteiger partial charge in [-0.2, -0.15) is 5.26 Å². The van der Waals surface area contributed by atoms with Gasteiger partial charge in [0, 0.05) is 17.8 Å². The first kappa shape index (κ1) is 17.5. The van der Waals surface area contributed by atoms with E-state index in [0.29, 0.717) is 17.0 Å². The Bertz CT molecular complexity index is 912. The minimum absolute atomic E-state index is 0.00861. The molecule has 0 bridgehead atoms. The average Bonchev–Trinajstić information content (AvgIpc) is 3.31. The number of hydrogen-bond donors (Lipinski definition) is 2. The van der Waals surface area contributed by atoms with Gasteiger partial charge in [0.25, 0.3) is 0 Å². The lowest BCUT2D eigenvalue weighted by molar-refractivity contribution is -0.122. The molecule has 5 nitrogen and oxygen atoms in total. The van der Waals surface area contributed by atoms with Gasteiger partial charge in [0.15, 0.2) is 11.6 Å². The van der Waals surface area contributed by atoms with E-state index in [4.69, 9.17) is 10.00 Å². The third kappa shape index (κ3) is 3.38. The first-order chi connectivity index (χ1) is 13.1. The first-order valence-corrected chi connectivity index (χ1v) is 9.14. The van der Waals surface area contributed by atoms with E-state index < -0.39 is 5.82 Å². The summed E-state index contributed by atoms with van der Waals surface area (Å²) in [5.41, 5.74) is 0.380. The number of halogens is 1. The molecule has 0 spiro atoms. The van der Waals surface area contributed by atoms with Gasteiger partial charge in [-0.05, 0) is 56.5 Å². The summed E-state index contributed by atoms with van der Waals surface area (Å²) in [5, 5.41) is 15.4. The van der Waals surface area contributed by atoms with Crippen LogP contribution in [-0.4, -0.2) is 18.5 Å². The molecule has 2 aromatic carbocycles. The van der Waals surface area contributed by atoms with E-state index in [0.717, 1.165) is 32.2 Å². The van der Waals surface area contributed by atoms with Crippen LogP contribution in [-0.2, 0) is 4.79 Å². The van der Waals surface area contributed by atoms with Crippen LogP contribution in [0.15, 0.2) is 42.5 Å². The number of hydrogen-bond acceptors (Lipinski definition) is 4. The van der Waals surface area contributed by atoms with E-state index in [1.165, 1.54) is 12.1 Å². The number of nitrogens with one attached hydrogen (secondary N) is 2. The molecule has 27 heavy (non-hydrogen) atoms. The predicted octanol–water partition coefficient (Wildman–Crippen LogP) is 3.96. The largest absolute Gasteiger partial charge is 0.453 e. The molecule has 1 atom stereocenters. The molecular formula is C21H20FN3O2. The number of carbonyl (C=O) groups excluding carboxylic acids is 1. The van der Waals surface area contributed by atoms with Crippen molar-refractivity contribution in [3.8, 4) is 17.6 Å². The number of rotatable bonds is 5. The molecule has 4 rings (SSSR count). The third-order valence-corrected chi connectivity index (χ3v) is 5.39. The quantitative estimate of drug-likeness (QED) is 0.841. The summed E-state index contributed by atoms with van der Waals surface area (Å²) >= 11 is 0. The molecule has 1 unspecified atom stereocenters. The Hall–Kier alpha value is -2.91. The molecule has 6 heteroatoms. The Morgan fingerprint density at radius 2 is 2.07 bits per heavy atom. The van der Waals surface area contributed by atoms with Crippen molar-refractivity contribution >= 4 is 11.6 Å². The van der Waals surface area contributed by atoms with E-state index in [2.05, 4.69) is 10.6 Å². The highest BCUT2D eigenvalue weighted by Gasteiger charge is 2.56. The minimum atomic E-state index is -0.593. The fourth-order valence-corrected chi connectivity index (χ4v) is 3.71. The van der Waals surface area contributed by atoms with Gasteiger partial charge in [0.05, 0.1) is 11.0 Å². The maximum absolute atomic E-state index is 14.5. The normalized spacial score (nSPS) is 19.9. The molecule has 2 aliphatic rings. The van der Waals surface area contributed by atoms with Crippen LogP contribution in [0.2, 0.25) is 0 Å². The molecule has 1 aliphatic heterocycles. The van der Waals surface area contributed by atoms with Crippen molar-refractivity contribution in [1.29, 1.82) is 5.26 Å². The summed E-state index contributed by atoms with van der Waals surface area (Å²) in [5.74, 6) is -0.344. The average molecular weight is 365 g/mol. The fraction of sp³-hybridized carbons (Fsp3) is 0.333. The van der Waals surface area contributed by atoms with Crippen LogP contribution in [0.1, 0.15) is 31.2 Å². The molecule has 0 radical (unpaired) electrons. The molecule has 2 N–H and O–H groups in total. The fourth-order valence-electron chi connectivity index (χ4n) is 3.71. The highest BCUT2D eigenvalue weighted by Crippen LogP contribution is 2.51. The Balaban J connectivity index is 1.47. The van der Waals surface area contributed by atoms with Crippen LogP contribution in [0.3, 0.4) is 0 Å². The van der Waals surface area contributed by atoms with Crippen LogP contribution in [0, 0.1) is 22.6 Å². The lowest BCUT2D eigenvalue weighted by atomic mass is 9.94. The number of ether oxygens (including phenoxy) is 1. The maximum Gasteiger partial charge on any atom is 0.232 e. The van der Waals surface area contributed by atoms with Crippen LogP contribution in [0.25, 0.3) is 0 Å². The maximum atomic E-state index is 14.5. The van der Waals surface area contributed by atoms with Gasteiger partial charge in [-0.25, -0.2) is 4.39 Å². The van der Waals surface area contributed by atoms with Crippen molar-refractivity contribution in [3.05, 3.63) is 53.8 Å². The molecule has 1 aliphatic carbocycles. The zero-order valence-corrected chi connectivity index (χ0v) is 14.8. The van der Waals surface area contributed by atoms with Gasteiger partial charge in [-0.3, -0.25) is 4.79 Å². The molecular weight excluding hydrogens is 345 g/mol. The highest BCUT2D eigenvalue weighted by molar-refractivity contribution is 5.97. The Kier molecular flexibility index (Phi) is 4.54. The smallest absolute Gasteiger partial charge is 0.232 e. The topological polar surface area (TPSA) is 74.1 Å².